The van der Waals surface area contributed by atoms with Crippen molar-refractivity contribution < 1.29 is 39.9 Å². The molecule has 4 atom stereocenters. The van der Waals surface area contributed by atoms with Crippen molar-refractivity contribution in [3.05, 3.63) is 0 Å². The topological polar surface area (TPSA) is 157 Å². The van der Waals surface area contributed by atoms with E-state index in [1.54, 1.807) is 20.8 Å². The molecule has 1 amide bonds. The minimum absolute atomic E-state index is 0.834. The smallest absolute Gasteiger partial charge is 0.409 e. The first-order valence-electron chi connectivity index (χ1n) is 5.85. The van der Waals surface area contributed by atoms with Crippen molar-refractivity contribution in [2.45, 2.75) is 50.9 Å². The van der Waals surface area contributed by atoms with E-state index in [2.05, 4.69) is 0 Å². The van der Waals surface area contributed by atoms with Crippen LogP contribution in [0.4, 0.5) is 4.79 Å². The second-order valence-corrected chi connectivity index (χ2v) is 5.14. The van der Waals surface area contributed by atoms with E-state index in [4.69, 9.17) is 9.84 Å². The lowest BCUT2D eigenvalue weighted by Gasteiger charge is -2.27. The first kappa shape index (κ1) is 18.7. The van der Waals surface area contributed by atoms with Gasteiger partial charge in [0.1, 0.15) is 30.5 Å². The van der Waals surface area contributed by atoms with Gasteiger partial charge in [-0.05, 0) is 20.8 Å². The molecule has 9 heteroatoms. The van der Waals surface area contributed by atoms with Gasteiger partial charge in [-0.25, -0.2) is 4.79 Å². The number of aliphatic hydroxyl groups excluding tert-OH is 5. The van der Waals surface area contributed by atoms with E-state index < -0.39 is 48.6 Å². The highest BCUT2D eigenvalue weighted by atomic mass is 16.6. The molecule has 118 valence electrons. The summed E-state index contributed by atoms with van der Waals surface area (Å²) in [6.45, 7) is 3.69. The normalized spacial score (nSPS) is 17.8. The summed E-state index contributed by atoms with van der Waals surface area (Å²) in [5, 5.41) is 47.9. The van der Waals surface area contributed by atoms with Gasteiger partial charge in [0.15, 0.2) is 12.0 Å². The van der Waals surface area contributed by atoms with Gasteiger partial charge in [-0.2, -0.15) is 0 Å². The van der Waals surface area contributed by atoms with E-state index in [9.17, 15) is 30.0 Å². The maximum absolute atomic E-state index is 11.3. The number of carbonyl (C=O) groups excluding carboxylic acids is 2. The Hall–Kier alpha value is -1.26. The van der Waals surface area contributed by atoms with Crippen LogP contribution in [0.3, 0.4) is 0 Å². The van der Waals surface area contributed by atoms with E-state index in [-0.39, 0.29) is 0 Å². The van der Waals surface area contributed by atoms with Crippen molar-refractivity contribution >= 4 is 11.9 Å². The number of carbonyl (C=O) groups is 2. The van der Waals surface area contributed by atoms with Crippen LogP contribution >= 0.6 is 0 Å². The Balaban J connectivity index is 4.51. The van der Waals surface area contributed by atoms with E-state index in [0.717, 1.165) is 0 Å². The van der Waals surface area contributed by atoms with Gasteiger partial charge >= 0.3 is 6.09 Å². The van der Waals surface area contributed by atoms with Crippen LogP contribution in [-0.4, -0.2) is 74.2 Å². The van der Waals surface area contributed by atoms with Crippen LogP contribution in [0, 0.1) is 0 Å². The van der Waals surface area contributed by atoms with Crippen molar-refractivity contribution in [3.8, 4) is 0 Å². The number of hydrogen-bond acceptors (Lipinski definition) is 8. The molecule has 0 radical (unpaired) electrons. The zero-order valence-corrected chi connectivity index (χ0v) is 11.5. The summed E-state index contributed by atoms with van der Waals surface area (Å²) in [7, 11) is 0. The van der Waals surface area contributed by atoms with Gasteiger partial charge in [0.05, 0.1) is 0 Å². The Morgan fingerprint density at radius 2 is 1.60 bits per heavy atom. The second kappa shape index (κ2) is 7.50. The number of rotatable bonds is 6. The average Bonchev–Trinajstić information content (AvgIpc) is 2.32. The molecule has 0 aliphatic heterocycles. The summed E-state index contributed by atoms with van der Waals surface area (Å²) in [5.41, 5.74) is -0.834. The molecule has 0 bridgehead atoms. The number of aliphatic hydroxyl groups is 5. The lowest BCUT2D eigenvalue weighted by molar-refractivity contribution is -0.148. The summed E-state index contributed by atoms with van der Waals surface area (Å²) in [4.78, 5) is 22.2. The van der Waals surface area contributed by atoms with E-state index in [1.165, 1.54) is 0 Å². The van der Waals surface area contributed by atoms with Crippen LogP contribution in [0.25, 0.3) is 0 Å². The molecule has 0 saturated carbocycles. The minimum atomic E-state index is -2.09. The Kier molecular flexibility index (Phi) is 7.03. The van der Waals surface area contributed by atoms with Crippen molar-refractivity contribution in [1.29, 1.82) is 0 Å². The summed E-state index contributed by atoms with van der Waals surface area (Å²) in [5.74, 6) is -1.14. The molecule has 0 fully saturated rings. The predicted molar refractivity (Wildman–Crippen MR) is 65.5 cm³/mol. The molecule has 0 spiro atoms. The quantitative estimate of drug-likeness (QED) is 0.293. The fourth-order valence-corrected chi connectivity index (χ4v) is 1.17. The Morgan fingerprint density at radius 3 is 2.00 bits per heavy atom. The highest BCUT2D eigenvalue weighted by Crippen LogP contribution is 2.08. The number of hydrogen-bond donors (Lipinski definition) is 6. The average molecular weight is 295 g/mol. The molecule has 0 aromatic carbocycles. The Bertz CT molecular complexity index is 340. The number of Topliss-reactive ketones (excluding diaryl/α,β-unsaturated/α-hetero) is 1. The monoisotopic (exact) mass is 295 g/mol. The lowest BCUT2D eigenvalue weighted by Crippen LogP contribution is -2.54. The number of nitrogens with one attached hydrogen (secondary N) is 1. The third-order valence-electron chi connectivity index (χ3n) is 2.15. The fraction of sp³-hybridized carbons (Fsp3) is 0.818. The number of amides is 1. The molecule has 1 unspecified atom stereocenters. The molecule has 9 nitrogen and oxygen atoms in total. The van der Waals surface area contributed by atoms with Gasteiger partial charge in [-0.3, -0.25) is 10.1 Å². The van der Waals surface area contributed by atoms with E-state index >= 15 is 0 Å². The summed E-state index contributed by atoms with van der Waals surface area (Å²) >= 11 is 0. The second-order valence-electron chi connectivity index (χ2n) is 5.14. The molecule has 0 aromatic heterocycles. The highest BCUT2D eigenvalue weighted by Gasteiger charge is 2.35. The SMILES string of the molecule is CC(C)(C)OC(=O)NC(O)[C@@H](O)[C@H](O)[C@@H](O)C(=O)CO. The molecule has 0 aromatic rings. The first-order chi connectivity index (χ1) is 8.99. The molecule has 0 heterocycles. The largest absolute Gasteiger partial charge is 0.444 e. The van der Waals surface area contributed by atoms with Crippen LogP contribution in [0.1, 0.15) is 20.8 Å². The van der Waals surface area contributed by atoms with Crippen molar-refractivity contribution in [3.63, 3.8) is 0 Å². The molecule has 0 saturated heterocycles. The number of alkyl carbamates (subject to hydrolysis) is 1. The summed E-state index contributed by atoms with van der Waals surface area (Å²) in [6, 6.07) is 0. The van der Waals surface area contributed by atoms with E-state index in [1.807, 2.05) is 5.32 Å². The molecular weight excluding hydrogens is 274 g/mol. The maximum Gasteiger partial charge on any atom is 0.409 e. The lowest BCUT2D eigenvalue weighted by atomic mass is 10.0. The van der Waals surface area contributed by atoms with Gasteiger partial charge in [0, 0.05) is 0 Å². The van der Waals surface area contributed by atoms with Crippen LogP contribution in [0.15, 0.2) is 0 Å². The molecule has 0 aliphatic rings. The number of ether oxygens (including phenoxy) is 1. The molecule has 20 heavy (non-hydrogen) atoms. The fourth-order valence-electron chi connectivity index (χ4n) is 1.17. The molecule has 6 N–H and O–H groups in total. The Morgan fingerprint density at radius 1 is 1.10 bits per heavy atom. The standard InChI is InChI=1S/C11H21NO8/c1-11(2,3)20-10(19)12-9(18)8(17)7(16)6(15)5(14)4-13/h6-9,13,15-18H,4H2,1-3H3,(H,12,19)/t6-,7+,8-,9?/m0/s1. The van der Waals surface area contributed by atoms with Crippen LogP contribution in [-0.2, 0) is 9.53 Å². The molecule has 0 rings (SSSR count). The molecular formula is C11H21NO8. The summed E-state index contributed by atoms with van der Waals surface area (Å²) in [6.07, 6.45) is -9.25. The van der Waals surface area contributed by atoms with Gasteiger partial charge in [0.25, 0.3) is 0 Å². The van der Waals surface area contributed by atoms with E-state index in [0.29, 0.717) is 0 Å². The maximum atomic E-state index is 11.3. The van der Waals surface area contributed by atoms with Crippen LogP contribution in [0.5, 0.6) is 0 Å². The van der Waals surface area contributed by atoms with Gasteiger partial charge < -0.3 is 30.3 Å². The van der Waals surface area contributed by atoms with Crippen molar-refractivity contribution in [2.75, 3.05) is 6.61 Å². The minimum Gasteiger partial charge on any atom is -0.444 e. The third-order valence-corrected chi connectivity index (χ3v) is 2.15. The number of ketones is 1. The van der Waals surface area contributed by atoms with Crippen LogP contribution in [0.2, 0.25) is 0 Å². The van der Waals surface area contributed by atoms with Crippen molar-refractivity contribution in [1.82, 2.24) is 5.32 Å². The highest BCUT2D eigenvalue weighted by molar-refractivity contribution is 5.84. The predicted octanol–water partition coefficient (Wildman–Crippen LogP) is -2.53. The third kappa shape index (κ3) is 6.26. The van der Waals surface area contributed by atoms with Crippen LogP contribution < -0.4 is 5.32 Å². The van der Waals surface area contributed by atoms with Gasteiger partial charge in [-0.1, -0.05) is 0 Å². The van der Waals surface area contributed by atoms with Gasteiger partial charge in [0.2, 0.25) is 0 Å². The first-order valence-corrected chi connectivity index (χ1v) is 5.85. The summed E-state index contributed by atoms with van der Waals surface area (Å²) < 4.78 is 4.80. The van der Waals surface area contributed by atoms with Gasteiger partial charge in [-0.15, -0.1) is 0 Å². The van der Waals surface area contributed by atoms with Crippen molar-refractivity contribution in [2.24, 2.45) is 0 Å². The zero-order chi connectivity index (χ0) is 16.1. The molecule has 0 aliphatic carbocycles. The zero-order valence-electron chi connectivity index (χ0n) is 11.5. The Labute approximate surface area is 115 Å².